The molecule has 0 saturated carbocycles. The second-order valence-electron chi connectivity index (χ2n) is 5.42. The molecule has 100 valence electrons. The monoisotopic (exact) mass is 262 g/mol. The Labute approximate surface area is 120 Å². The van der Waals surface area contributed by atoms with E-state index in [1.54, 1.807) is 0 Å². The number of Topliss-reactive ketones (excluding diaryl/α,β-unsaturated/α-hetero) is 1. The molecule has 1 nitrogen and oxygen atoms in total. The first kappa shape index (κ1) is 12.9. The first-order valence-corrected chi connectivity index (χ1v) is 7.14. The number of allylic oxidation sites excluding steroid dienone is 1. The zero-order valence-electron chi connectivity index (χ0n) is 11.7. The van der Waals surface area contributed by atoms with Crippen LogP contribution in [0, 0.1) is 6.92 Å². The number of carbonyl (C=O) groups excluding carboxylic acids is 1. The maximum atomic E-state index is 12.6. The lowest BCUT2D eigenvalue weighted by molar-refractivity contribution is 0.103. The smallest absolute Gasteiger partial charge is 0.189 e. The minimum absolute atomic E-state index is 0.193. The maximum absolute atomic E-state index is 12.6. The van der Waals surface area contributed by atoms with Crippen molar-refractivity contribution in [2.45, 2.75) is 26.2 Å². The highest BCUT2D eigenvalue weighted by atomic mass is 16.1. The molecule has 0 heterocycles. The standard InChI is InChI=1S/C19H18O/c1-14-9-11-15(12-10-14)13-17-7-4-6-16-5-2-3-8-18(16)19(17)20/h2-3,5,8-13H,4,6-7H2,1H3/b17-13-. The van der Waals surface area contributed by atoms with E-state index in [-0.39, 0.29) is 5.78 Å². The van der Waals surface area contributed by atoms with Gasteiger partial charge in [-0.2, -0.15) is 0 Å². The fourth-order valence-corrected chi connectivity index (χ4v) is 2.72. The third kappa shape index (κ3) is 2.57. The molecule has 0 unspecified atom stereocenters. The Morgan fingerprint density at radius 3 is 2.50 bits per heavy atom. The van der Waals surface area contributed by atoms with Crippen LogP contribution in [0.1, 0.15) is 39.9 Å². The number of carbonyl (C=O) groups is 1. The number of hydrogen-bond donors (Lipinski definition) is 0. The Balaban J connectivity index is 1.98. The van der Waals surface area contributed by atoms with Crippen molar-refractivity contribution in [3.05, 3.63) is 76.4 Å². The Hall–Kier alpha value is -2.15. The third-order valence-corrected chi connectivity index (χ3v) is 3.86. The molecule has 0 atom stereocenters. The highest BCUT2D eigenvalue weighted by molar-refractivity contribution is 6.12. The van der Waals surface area contributed by atoms with Crippen molar-refractivity contribution in [2.24, 2.45) is 0 Å². The first-order chi connectivity index (χ1) is 9.74. The molecule has 0 spiro atoms. The number of aryl methyl sites for hydroxylation is 2. The lowest BCUT2D eigenvalue weighted by Gasteiger charge is -2.05. The summed E-state index contributed by atoms with van der Waals surface area (Å²) in [6.45, 7) is 2.07. The van der Waals surface area contributed by atoms with Gasteiger partial charge in [-0.15, -0.1) is 0 Å². The first-order valence-electron chi connectivity index (χ1n) is 7.14. The molecule has 0 aliphatic heterocycles. The normalized spacial score (nSPS) is 16.9. The summed E-state index contributed by atoms with van der Waals surface area (Å²) in [6, 6.07) is 16.3. The van der Waals surface area contributed by atoms with Crippen molar-refractivity contribution in [1.82, 2.24) is 0 Å². The number of rotatable bonds is 1. The van der Waals surface area contributed by atoms with Crippen LogP contribution in [0.2, 0.25) is 0 Å². The van der Waals surface area contributed by atoms with E-state index in [0.717, 1.165) is 36.0 Å². The number of fused-ring (bicyclic) bond motifs is 1. The van der Waals surface area contributed by atoms with Gasteiger partial charge in [0.15, 0.2) is 5.78 Å². The predicted molar refractivity (Wildman–Crippen MR) is 82.9 cm³/mol. The third-order valence-electron chi connectivity index (χ3n) is 3.86. The molecule has 0 aromatic heterocycles. The van der Waals surface area contributed by atoms with E-state index in [2.05, 4.69) is 37.3 Å². The molecular formula is C19H18O. The van der Waals surface area contributed by atoms with Gasteiger partial charge in [-0.3, -0.25) is 4.79 Å². The van der Waals surface area contributed by atoms with E-state index in [0.29, 0.717) is 0 Å². The molecule has 1 aliphatic rings. The molecular weight excluding hydrogens is 244 g/mol. The largest absolute Gasteiger partial charge is 0.289 e. The van der Waals surface area contributed by atoms with Gasteiger partial charge in [-0.1, -0.05) is 54.1 Å². The van der Waals surface area contributed by atoms with Crippen molar-refractivity contribution in [1.29, 1.82) is 0 Å². The molecule has 0 N–H and O–H groups in total. The average Bonchev–Trinajstić information content (AvgIpc) is 2.62. The second-order valence-corrected chi connectivity index (χ2v) is 5.42. The van der Waals surface area contributed by atoms with Crippen LogP contribution in [0.25, 0.3) is 6.08 Å². The van der Waals surface area contributed by atoms with Gasteiger partial charge in [0.25, 0.3) is 0 Å². The number of benzene rings is 2. The Bertz CT molecular complexity index is 662. The van der Waals surface area contributed by atoms with Gasteiger partial charge < -0.3 is 0 Å². The highest BCUT2D eigenvalue weighted by Gasteiger charge is 2.19. The van der Waals surface area contributed by atoms with Crippen LogP contribution in [0.3, 0.4) is 0 Å². The lowest BCUT2D eigenvalue weighted by atomic mass is 9.98. The SMILES string of the molecule is Cc1ccc(/C=C2/CCCc3ccccc3C2=O)cc1. The van der Waals surface area contributed by atoms with Crippen molar-refractivity contribution in [3.63, 3.8) is 0 Å². The topological polar surface area (TPSA) is 17.1 Å². The maximum Gasteiger partial charge on any atom is 0.189 e. The van der Waals surface area contributed by atoms with Crippen molar-refractivity contribution in [2.75, 3.05) is 0 Å². The summed E-state index contributed by atoms with van der Waals surface area (Å²) in [6.07, 6.45) is 4.94. The van der Waals surface area contributed by atoms with E-state index in [9.17, 15) is 4.79 Å². The van der Waals surface area contributed by atoms with Crippen LogP contribution in [0.15, 0.2) is 54.1 Å². The summed E-state index contributed by atoms with van der Waals surface area (Å²) < 4.78 is 0. The van der Waals surface area contributed by atoms with E-state index < -0.39 is 0 Å². The Morgan fingerprint density at radius 2 is 1.70 bits per heavy atom. The van der Waals surface area contributed by atoms with Crippen molar-refractivity contribution >= 4 is 11.9 Å². The molecule has 20 heavy (non-hydrogen) atoms. The fraction of sp³-hybridized carbons (Fsp3) is 0.211. The zero-order chi connectivity index (χ0) is 13.9. The average molecular weight is 262 g/mol. The molecule has 0 saturated heterocycles. The van der Waals surface area contributed by atoms with Crippen LogP contribution in [0.5, 0.6) is 0 Å². The Morgan fingerprint density at radius 1 is 0.950 bits per heavy atom. The van der Waals surface area contributed by atoms with Crippen LogP contribution in [-0.2, 0) is 6.42 Å². The van der Waals surface area contributed by atoms with E-state index in [1.165, 1.54) is 11.1 Å². The number of ketones is 1. The molecule has 2 aromatic rings. The van der Waals surface area contributed by atoms with Crippen LogP contribution < -0.4 is 0 Å². The van der Waals surface area contributed by atoms with Crippen LogP contribution in [-0.4, -0.2) is 5.78 Å². The van der Waals surface area contributed by atoms with Gasteiger partial charge >= 0.3 is 0 Å². The van der Waals surface area contributed by atoms with Crippen LogP contribution in [0.4, 0.5) is 0 Å². The molecule has 0 bridgehead atoms. The quantitative estimate of drug-likeness (QED) is 0.542. The van der Waals surface area contributed by atoms with E-state index in [4.69, 9.17) is 0 Å². The van der Waals surface area contributed by atoms with Crippen LogP contribution >= 0.6 is 0 Å². The summed E-state index contributed by atoms with van der Waals surface area (Å²) in [7, 11) is 0. The van der Waals surface area contributed by atoms with Crippen molar-refractivity contribution in [3.8, 4) is 0 Å². The molecule has 0 fully saturated rings. The summed E-state index contributed by atoms with van der Waals surface area (Å²) in [5, 5.41) is 0. The van der Waals surface area contributed by atoms with Gasteiger partial charge in [-0.25, -0.2) is 0 Å². The fourth-order valence-electron chi connectivity index (χ4n) is 2.72. The van der Waals surface area contributed by atoms with Gasteiger partial charge in [0.2, 0.25) is 0 Å². The molecule has 0 amide bonds. The summed E-state index contributed by atoms with van der Waals surface area (Å²) in [5.41, 5.74) is 5.34. The minimum Gasteiger partial charge on any atom is -0.289 e. The zero-order valence-corrected chi connectivity index (χ0v) is 11.7. The summed E-state index contributed by atoms with van der Waals surface area (Å²) in [5.74, 6) is 0.193. The van der Waals surface area contributed by atoms with Gasteiger partial charge in [0, 0.05) is 11.1 Å². The van der Waals surface area contributed by atoms with E-state index in [1.807, 2.05) is 24.3 Å². The second kappa shape index (κ2) is 5.46. The molecule has 3 rings (SSSR count). The minimum atomic E-state index is 0.193. The molecule has 1 heteroatoms. The summed E-state index contributed by atoms with van der Waals surface area (Å²) in [4.78, 5) is 12.6. The number of hydrogen-bond acceptors (Lipinski definition) is 1. The summed E-state index contributed by atoms with van der Waals surface area (Å²) >= 11 is 0. The predicted octanol–water partition coefficient (Wildman–Crippen LogP) is 4.60. The van der Waals surface area contributed by atoms with Gasteiger partial charge in [0.05, 0.1) is 0 Å². The van der Waals surface area contributed by atoms with Crippen molar-refractivity contribution < 1.29 is 4.79 Å². The molecule has 2 aromatic carbocycles. The van der Waals surface area contributed by atoms with E-state index >= 15 is 0 Å². The van der Waals surface area contributed by atoms with Gasteiger partial charge in [0.1, 0.15) is 0 Å². The lowest BCUT2D eigenvalue weighted by Crippen LogP contribution is -2.03. The van der Waals surface area contributed by atoms with Gasteiger partial charge in [-0.05, 0) is 43.4 Å². The molecule has 0 radical (unpaired) electrons. The Kier molecular flexibility index (Phi) is 3.51. The molecule has 1 aliphatic carbocycles. The highest BCUT2D eigenvalue weighted by Crippen LogP contribution is 2.25.